The molecule has 30 heavy (non-hydrogen) atoms. The maximum Gasteiger partial charge on any atom is 0.416 e. The maximum absolute atomic E-state index is 12.9. The van der Waals surface area contributed by atoms with Crippen LogP contribution in [0.15, 0.2) is 48.8 Å². The average Bonchev–Trinajstić information content (AvgIpc) is 3.08. The van der Waals surface area contributed by atoms with Gasteiger partial charge in [0.2, 0.25) is 0 Å². The zero-order valence-electron chi connectivity index (χ0n) is 16.2. The summed E-state index contributed by atoms with van der Waals surface area (Å²) in [6.07, 6.45) is 1.62. The van der Waals surface area contributed by atoms with E-state index in [1.807, 2.05) is 6.07 Å². The highest BCUT2D eigenvalue weighted by Crippen LogP contribution is 2.29. The van der Waals surface area contributed by atoms with Crippen LogP contribution in [0.4, 0.5) is 13.2 Å². The topological polar surface area (TPSA) is 67.2 Å². The molecule has 1 saturated carbocycles. The summed E-state index contributed by atoms with van der Waals surface area (Å²) in [4.78, 5) is 17.2. The number of carbonyl (C=O) groups is 1. The van der Waals surface area contributed by atoms with Crippen LogP contribution in [0.25, 0.3) is 11.0 Å². The summed E-state index contributed by atoms with van der Waals surface area (Å²) in [5.41, 5.74) is 1.60. The number of aromatic nitrogens is 2. The first-order chi connectivity index (χ1) is 14.3. The zero-order chi connectivity index (χ0) is 21.3. The van der Waals surface area contributed by atoms with Crippen LogP contribution in [0.5, 0.6) is 0 Å². The lowest BCUT2D eigenvalue weighted by Gasteiger charge is -2.28. The number of pyridine rings is 1. The average molecular weight is 417 g/mol. The Kier molecular flexibility index (Phi) is 5.51. The molecule has 2 atom stereocenters. The van der Waals surface area contributed by atoms with Gasteiger partial charge in [0.25, 0.3) is 5.91 Å². The van der Waals surface area contributed by atoms with Crippen molar-refractivity contribution in [2.24, 2.45) is 0 Å². The predicted molar refractivity (Wildman–Crippen MR) is 106 cm³/mol. The quantitative estimate of drug-likeness (QED) is 0.671. The van der Waals surface area contributed by atoms with E-state index < -0.39 is 17.8 Å². The second-order valence-corrected chi connectivity index (χ2v) is 7.67. The van der Waals surface area contributed by atoms with Gasteiger partial charge in [-0.2, -0.15) is 13.2 Å². The number of halogens is 3. The molecule has 8 heteroatoms. The summed E-state index contributed by atoms with van der Waals surface area (Å²) in [5, 5.41) is 13.1. The molecule has 2 N–H and O–H groups in total. The van der Waals surface area contributed by atoms with Gasteiger partial charge in [-0.3, -0.25) is 9.78 Å². The van der Waals surface area contributed by atoms with E-state index in [4.69, 9.17) is 0 Å². The van der Waals surface area contributed by atoms with Gasteiger partial charge < -0.3 is 15.0 Å². The van der Waals surface area contributed by atoms with Gasteiger partial charge in [-0.05, 0) is 42.7 Å². The minimum Gasteiger partial charge on any atom is -0.391 e. The third kappa shape index (κ3) is 4.18. The normalized spacial score (nSPS) is 19.7. The SMILES string of the molecule is O=C(N[C@H]1CCCC[C@@H]1O)c1cn(Cc2ccc(C(F)(F)F)cc2)c2cccnc12. The Morgan fingerprint density at radius 3 is 2.60 bits per heavy atom. The fraction of sp³-hybridized carbons (Fsp3) is 0.364. The van der Waals surface area contributed by atoms with Crippen LogP contribution < -0.4 is 5.32 Å². The summed E-state index contributed by atoms with van der Waals surface area (Å²) in [6.45, 7) is 0.305. The maximum atomic E-state index is 12.9. The molecule has 158 valence electrons. The molecule has 2 aromatic heterocycles. The Hall–Kier alpha value is -2.87. The number of rotatable bonds is 4. The summed E-state index contributed by atoms with van der Waals surface area (Å²) >= 11 is 0. The Balaban J connectivity index is 1.60. The fourth-order valence-electron chi connectivity index (χ4n) is 3.94. The molecule has 1 aliphatic carbocycles. The number of alkyl halides is 3. The molecule has 5 nitrogen and oxygen atoms in total. The molecule has 1 fully saturated rings. The number of carbonyl (C=O) groups excluding carboxylic acids is 1. The fourth-order valence-corrected chi connectivity index (χ4v) is 3.94. The van der Waals surface area contributed by atoms with Crippen molar-refractivity contribution in [2.75, 3.05) is 0 Å². The second kappa shape index (κ2) is 8.10. The molecule has 2 heterocycles. The Bertz CT molecular complexity index is 1040. The second-order valence-electron chi connectivity index (χ2n) is 7.67. The van der Waals surface area contributed by atoms with Crippen LogP contribution in [0, 0.1) is 0 Å². The highest BCUT2D eigenvalue weighted by molar-refractivity contribution is 6.05. The number of hydrogen-bond donors (Lipinski definition) is 2. The molecule has 0 radical (unpaired) electrons. The number of amides is 1. The van der Waals surface area contributed by atoms with Crippen molar-refractivity contribution in [2.45, 2.75) is 50.6 Å². The molecule has 0 aliphatic heterocycles. The Morgan fingerprint density at radius 2 is 1.90 bits per heavy atom. The molecule has 1 amide bonds. The van der Waals surface area contributed by atoms with Gasteiger partial charge in [-0.15, -0.1) is 0 Å². The molecule has 0 bridgehead atoms. The lowest BCUT2D eigenvalue weighted by atomic mass is 9.92. The highest BCUT2D eigenvalue weighted by Gasteiger charge is 2.30. The van der Waals surface area contributed by atoms with Gasteiger partial charge in [0, 0.05) is 18.9 Å². The van der Waals surface area contributed by atoms with E-state index in [0.29, 0.717) is 35.1 Å². The van der Waals surface area contributed by atoms with Crippen LogP contribution in [0.1, 0.15) is 47.2 Å². The van der Waals surface area contributed by atoms with Gasteiger partial charge in [-0.25, -0.2) is 0 Å². The predicted octanol–water partition coefficient (Wildman–Crippen LogP) is 4.14. The van der Waals surface area contributed by atoms with E-state index >= 15 is 0 Å². The van der Waals surface area contributed by atoms with E-state index in [1.54, 1.807) is 23.0 Å². The van der Waals surface area contributed by atoms with E-state index in [2.05, 4.69) is 10.3 Å². The van der Waals surface area contributed by atoms with E-state index in [9.17, 15) is 23.1 Å². The van der Waals surface area contributed by atoms with Crippen LogP contribution in [0.2, 0.25) is 0 Å². The summed E-state index contributed by atoms with van der Waals surface area (Å²) in [6, 6.07) is 8.25. The van der Waals surface area contributed by atoms with Gasteiger partial charge >= 0.3 is 6.18 Å². The lowest BCUT2D eigenvalue weighted by molar-refractivity contribution is -0.137. The number of aliphatic hydroxyl groups is 1. The van der Waals surface area contributed by atoms with Gasteiger partial charge in [-0.1, -0.05) is 25.0 Å². The smallest absolute Gasteiger partial charge is 0.391 e. The van der Waals surface area contributed by atoms with Crippen LogP contribution >= 0.6 is 0 Å². The largest absolute Gasteiger partial charge is 0.416 e. The van der Waals surface area contributed by atoms with Crippen LogP contribution in [-0.4, -0.2) is 32.7 Å². The molecule has 1 aliphatic rings. The molecule has 3 aromatic rings. The van der Waals surface area contributed by atoms with E-state index in [1.165, 1.54) is 12.1 Å². The molecular formula is C22H22F3N3O2. The van der Waals surface area contributed by atoms with Gasteiger partial charge in [0.05, 0.1) is 28.8 Å². The number of hydrogen-bond acceptors (Lipinski definition) is 3. The van der Waals surface area contributed by atoms with Crippen molar-refractivity contribution in [1.82, 2.24) is 14.9 Å². The summed E-state index contributed by atoms with van der Waals surface area (Å²) in [5.74, 6) is -0.309. The first kappa shape index (κ1) is 20.4. The van der Waals surface area contributed by atoms with Crippen molar-refractivity contribution in [3.05, 3.63) is 65.5 Å². The van der Waals surface area contributed by atoms with Crippen molar-refractivity contribution < 1.29 is 23.1 Å². The van der Waals surface area contributed by atoms with Gasteiger partial charge in [0.1, 0.15) is 5.52 Å². The molecule has 0 unspecified atom stereocenters. The molecule has 0 spiro atoms. The number of aliphatic hydroxyl groups excluding tert-OH is 1. The van der Waals surface area contributed by atoms with Crippen molar-refractivity contribution in [1.29, 1.82) is 0 Å². The van der Waals surface area contributed by atoms with Crippen molar-refractivity contribution >= 4 is 16.9 Å². The molecule has 0 saturated heterocycles. The Morgan fingerprint density at radius 1 is 1.17 bits per heavy atom. The minimum absolute atomic E-state index is 0.289. The van der Waals surface area contributed by atoms with Crippen LogP contribution in [0.3, 0.4) is 0 Å². The summed E-state index contributed by atoms with van der Waals surface area (Å²) in [7, 11) is 0. The number of nitrogens with one attached hydrogen (secondary N) is 1. The zero-order valence-corrected chi connectivity index (χ0v) is 16.2. The Labute approximate surface area is 171 Å². The van der Waals surface area contributed by atoms with Crippen molar-refractivity contribution in [3.63, 3.8) is 0 Å². The molecular weight excluding hydrogens is 395 g/mol. The third-order valence-electron chi connectivity index (χ3n) is 5.56. The number of benzene rings is 1. The van der Waals surface area contributed by atoms with E-state index in [0.717, 1.165) is 31.4 Å². The molecule has 4 rings (SSSR count). The number of nitrogens with zero attached hydrogens (tertiary/aromatic N) is 2. The summed E-state index contributed by atoms with van der Waals surface area (Å²) < 4.78 is 40.2. The third-order valence-corrected chi connectivity index (χ3v) is 5.56. The number of fused-ring (bicyclic) bond motifs is 1. The highest BCUT2D eigenvalue weighted by atomic mass is 19.4. The van der Waals surface area contributed by atoms with E-state index in [-0.39, 0.29) is 11.9 Å². The van der Waals surface area contributed by atoms with Crippen molar-refractivity contribution in [3.8, 4) is 0 Å². The lowest BCUT2D eigenvalue weighted by Crippen LogP contribution is -2.45. The monoisotopic (exact) mass is 417 g/mol. The first-order valence-electron chi connectivity index (χ1n) is 9.92. The first-order valence-corrected chi connectivity index (χ1v) is 9.92. The van der Waals surface area contributed by atoms with Gasteiger partial charge in [0.15, 0.2) is 0 Å². The van der Waals surface area contributed by atoms with Crippen LogP contribution in [-0.2, 0) is 12.7 Å². The molecule has 1 aromatic carbocycles. The minimum atomic E-state index is -4.38. The standard InChI is InChI=1S/C22H22F3N3O2/c23-22(24,25)15-9-7-14(8-10-15)12-28-13-16(20-18(28)5-3-11-26-20)21(30)27-17-4-1-2-6-19(17)29/h3,5,7-11,13,17,19,29H,1-2,4,6,12H2,(H,27,30)/t17-,19-/m0/s1.